The van der Waals surface area contributed by atoms with Crippen molar-refractivity contribution in [2.75, 3.05) is 23.5 Å². The maximum absolute atomic E-state index is 12.2. The number of rotatable bonds is 5. The van der Waals surface area contributed by atoms with E-state index in [1.54, 1.807) is 24.3 Å². The highest BCUT2D eigenvalue weighted by Gasteiger charge is 2.20. The lowest BCUT2D eigenvalue weighted by atomic mass is 10.2. The molecule has 0 radical (unpaired) electrons. The molecule has 28 heavy (non-hydrogen) atoms. The molecule has 0 bridgehead atoms. The molecule has 9 heteroatoms. The summed E-state index contributed by atoms with van der Waals surface area (Å²) in [5.41, 5.74) is 2.44. The number of methoxy groups -OCH3 is 1. The molecule has 2 heterocycles. The molecule has 0 saturated carbocycles. The Morgan fingerprint density at radius 1 is 1.18 bits per heavy atom. The van der Waals surface area contributed by atoms with Crippen molar-refractivity contribution in [2.24, 2.45) is 10.2 Å². The number of hydrogen-bond donors (Lipinski definition) is 3. The van der Waals surface area contributed by atoms with Gasteiger partial charge in [-0.25, -0.2) is 4.79 Å². The molecular weight excluding hydrogens is 378 g/mol. The van der Waals surface area contributed by atoms with E-state index in [2.05, 4.69) is 30.6 Å². The van der Waals surface area contributed by atoms with Crippen LogP contribution < -0.4 is 10.6 Å². The van der Waals surface area contributed by atoms with Crippen molar-refractivity contribution in [2.45, 2.75) is 5.50 Å². The second-order valence-electron chi connectivity index (χ2n) is 6.03. The number of para-hydroxylation sites is 1. The molecule has 0 fully saturated rings. The summed E-state index contributed by atoms with van der Waals surface area (Å²) in [6.07, 6.45) is 0. The van der Waals surface area contributed by atoms with E-state index in [9.17, 15) is 9.59 Å². The van der Waals surface area contributed by atoms with Crippen LogP contribution in [0, 0.1) is 0 Å². The van der Waals surface area contributed by atoms with Gasteiger partial charge in [0, 0.05) is 16.6 Å². The summed E-state index contributed by atoms with van der Waals surface area (Å²) in [5.74, 6) is 0.409. The topological polar surface area (TPSA) is 108 Å². The maximum Gasteiger partial charge on any atom is 0.337 e. The quantitative estimate of drug-likeness (QED) is 0.563. The van der Waals surface area contributed by atoms with Crippen LogP contribution in [-0.2, 0) is 9.53 Å². The second kappa shape index (κ2) is 7.73. The first kappa shape index (κ1) is 18.1. The van der Waals surface area contributed by atoms with Crippen LogP contribution in [0.2, 0.25) is 0 Å². The van der Waals surface area contributed by atoms with Crippen molar-refractivity contribution in [1.82, 2.24) is 4.98 Å². The van der Waals surface area contributed by atoms with Gasteiger partial charge in [-0.05, 0) is 30.3 Å². The molecule has 3 aromatic rings. The molecule has 4 rings (SSSR count). The molecule has 1 aromatic heterocycles. The number of carbonyl (C=O) groups excluding carboxylic acids is 2. The summed E-state index contributed by atoms with van der Waals surface area (Å²) < 4.78 is 4.65. The van der Waals surface area contributed by atoms with Crippen molar-refractivity contribution < 1.29 is 14.3 Å². The minimum absolute atomic E-state index is 0.171. The second-order valence-corrected chi connectivity index (χ2v) is 7.10. The first-order valence-electron chi connectivity index (χ1n) is 8.52. The maximum atomic E-state index is 12.2. The zero-order valence-electron chi connectivity index (χ0n) is 14.9. The minimum Gasteiger partial charge on any atom is -0.465 e. The Morgan fingerprint density at radius 3 is 2.75 bits per heavy atom. The van der Waals surface area contributed by atoms with Gasteiger partial charge < -0.3 is 20.4 Å². The van der Waals surface area contributed by atoms with Gasteiger partial charge in [0.1, 0.15) is 11.5 Å². The number of H-pyrrole nitrogens is 1. The van der Waals surface area contributed by atoms with E-state index in [0.717, 1.165) is 22.4 Å². The molecule has 142 valence electrons. The number of aromatic nitrogens is 1. The molecule has 1 aliphatic rings. The monoisotopic (exact) mass is 395 g/mol. The van der Waals surface area contributed by atoms with E-state index in [0.29, 0.717) is 11.3 Å². The number of fused-ring (bicyclic) bond motifs is 3. The molecule has 0 saturated heterocycles. The molecule has 0 aliphatic carbocycles. The minimum atomic E-state index is -0.418. The average molecular weight is 395 g/mol. The van der Waals surface area contributed by atoms with Crippen molar-refractivity contribution in [3.8, 4) is 0 Å². The number of carbonyl (C=O) groups is 2. The highest BCUT2D eigenvalue weighted by Crippen LogP contribution is 2.38. The molecule has 0 unspecified atom stereocenters. The Kier molecular flexibility index (Phi) is 4.98. The zero-order valence-corrected chi connectivity index (χ0v) is 15.7. The summed E-state index contributed by atoms with van der Waals surface area (Å²) in [6, 6.07) is 14.4. The van der Waals surface area contributed by atoms with Gasteiger partial charge in [-0.15, -0.1) is 16.9 Å². The first-order chi connectivity index (χ1) is 13.6. The van der Waals surface area contributed by atoms with Crippen LogP contribution >= 0.6 is 11.8 Å². The van der Waals surface area contributed by atoms with Crippen LogP contribution in [0.5, 0.6) is 0 Å². The Balaban J connectivity index is 1.32. The average Bonchev–Trinajstić information content (AvgIpc) is 3.10. The zero-order chi connectivity index (χ0) is 19.5. The van der Waals surface area contributed by atoms with Gasteiger partial charge in [0.2, 0.25) is 5.91 Å². The SMILES string of the molecule is COC(=O)c1ccc(NC(=O)CS[C@@H]2N=Nc3c([nH]c4ccccc34)N2)cc1. The van der Waals surface area contributed by atoms with Crippen LogP contribution in [0.1, 0.15) is 10.4 Å². The Bertz CT molecular complexity index is 1060. The van der Waals surface area contributed by atoms with Crippen molar-refractivity contribution in [1.29, 1.82) is 0 Å². The number of hydrogen-bond acceptors (Lipinski definition) is 7. The standard InChI is InChI=1S/C19H17N5O3S/c1-27-18(26)11-6-8-12(9-7-11)20-15(25)10-28-19-22-17-16(23-24-19)13-4-2-3-5-14(13)21-17/h2-9,19,21-22H,10H2,1H3,(H,20,25)/t19-/m0/s1. The Hall–Kier alpha value is -3.33. The van der Waals surface area contributed by atoms with Gasteiger partial charge in [-0.1, -0.05) is 18.2 Å². The van der Waals surface area contributed by atoms with E-state index in [1.807, 2.05) is 24.3 Å². The Labute approximate surface area is 164 Å². The number of azo groups is 1. The van der Waals surface area contributed by atoms with Crippen molar-refractivity contribution in [3.63, 3.8) is 0 Å². The predicted molar refractivity (Wildman–Crippen MR) is 109 cm³/mol. The van der Waals surface area contributed by atoms with E-state index in [-0.39, 0.29) is 17.2 Å². The summed E-state index contributed by atoms with van der Waals surface area (Å²) in [7, 11) is 1.32. The number of ether oxygens (including phenoxy) is 1. The van der Waals surface area contributed by atoms with Crippen molar-refractivity contribution in [3.05, 3.63) is 54.1 Å². The predicted octanol–water partition coefficient (Wildman–Crippen LogP) is 4.12. The third-order valence-corrected chi connectivity index (χ3v) is 5.13. The van der Waals surface area contributed by atoms with Crippen LogP contribution in [0.25, 0.3) is 10.9 Å². The van der Waals surface area contributed by atoms with Gasteiger partial charge in [0.15, 0.2) is 5.50 Å². The van der Waals surface area contributed by atoms with Gasteiger partial charge >= 0.3 is 5.97 Å². The number of amides is 1. The molecule has 0 spiro atoms. The fourth-order valence-corrected chi connectivity index (χ4v) is 3.53. The third kappa shape index (κ3) is 3.70. The number of esters is 1. The third-order valence-electron chi connectivity index (χ3n) is 4.17. The molecule has 2 aromatic carbocycles. The van der Waals surface area contributed by atoms with Crippen LogP contribution in [0.4, 0.5) is 17.2 Å². The van der Waals surface area contributed by atoms with Gasteiger partial charge in [0.25, 0.3) is 0 Å². The van der Waals surface area contributed by atoms with E-state index < -0.39 is 5.97 Å². The molecule has 3 N–H and O–H groups in total. The fraction of sp³-hybridized carbons (Fsp3) is 0.158. The molecule has 8 nitrogen and oxygen atoms in total. The molecular formula is C19H17N5O3S. The smallest absolute Gasteiger partial charge is 0.337 e. The number of benzene rings is 2. The Morgan fingerprint density at radius 2 is 1.96 bits per heavy atom. The molecule has 1 atom stereocenters. The van der Waals surface area contributed by atoms with E-state index in [4.69, 9.17) is 0 Å². The van der Waals surface area contributed by atoms with E-state index >= 15 is 0 Å². The summed E-state index contributed by atoms with van der Waals surface area (Å²) >= 11 is 1.33. The lowest BCUT2D eigenvalue weighted by Gasteiger charge is -2.17. The highest BCUT2D eigenvalue weighted by atomic mass is 32.2. The van der Waals surface area contributed by atoms with Crippen LogP contribution in [0.3, 0.4) is 0 Å². The summed E-state index contributed by atoms with van der Waals surface area (Å²) in [4.78, 5) is 26.9. The molecule has 1 amide bonds. The van der Waals surface area contributed by atoms with Gasteiger partial charge in [-0.3, -0.25) is 4.79 Å². The summed E-state index contributed by atoms with van der Waals surface area (Å²) in [6.45, 7) is 0. The van der Waals surface area contributed by atoms with Crippen LogP contribution in [-0.4, -0.2) is 35.2 Å². The number of aromatic amines is 1. The highest BCUT2D eigenvalue weighted by molar-refractivity contribution is 8.00. The number of thioether (sulfide) groups is 1. The first-order valence-corrected chi connectivity index (χ1v) is 9.57. The fourth-order valence-electron chi connectivity index (χ4n) is 2.83. The van der Waals surface area contributed by atoms with Crippen molar-refractivity contribution >= 4 is 51.7 Å². The largest absolute Gasteiger partial charge is 0.465 e. The lowest BCUT2D eigenvalue weighted by Crippen LogP contribution is -2.20. The van der Waals surface area contributed by atoms with E-state index in [1.165, 1.54) is 18.9 Å². The summed E-state index contributed by atoms with van der Waals surface area (Å²) in [5, 5.41) is 15.6. The normalized spacial score (nSPS) is 15.0. The molecule has 1 aliphatic heterocycles. The van der Waals surface area contributed by atoms with Crippen LogP contribution in [0.15, 0.2) is 58.8 Å². The van der Waals surface area contributed by atoms with Gasteiger partial charge in [-0.2, -0.15) is 5.11 Å². The number of anilines is 2. The number of nitrogens with one attached hydrogen (secondary N) is 3. The number of nitrogens with zero attached hydrogens (tertiary/aromatic N) is 2. The lowest BCUT2D eigenvalue weighted by molar-refractivity contribution is -0.113. The van der Waals surface area contributed by atoms with Gasteiger partial charge in [0.05, 0.1) is 18.4 Å².